The SMILES string of the molecule is O=C(c1cc(-c2ccccc2)n[nH]1)N1CCN(c2ccccc2-c2ccccc2)CC1. The van der Waals surface area contributed by atoms with Crippen molar-refractivity contribution in [3.05, 3.63) is 96.7 Å². The molecule has 1 amide bonds. The molecule has 0 aliphatic carbocycles. The molecule has 1 saturated heterocycles. The van der Waals surface area contributed by atoms with Crippen molar-refractivity contribution >= 4 is 11.6 Å². The number of H-pyrrole nitrogens is 1. The predicted octanol–water partition coefficient (Wildman–Crippen LogP) is 4.71. The maximum Gasteiger partial charge on any atom is 0.272 e. The Kier molecular flexibility index (Phi) is 5.23. The Morgan fingerprint density at radius 3 is 2.06 bits per heavy atom. The van der Waals surface area contributed by atoms with Crippen molar-refractivity contribution < 1.29 is 4.79 Å². The first-order valence-corrected chi connectivity index (χ1v) is 10.6. The highest BCUT2D eigenvalue weighted by molar-refractivity contribution is 5.93. The van der Waals surface area contributed by atoms with E-state index < -0.39 is 0 Å². The highest BCUT2D eigenvalue weighted by atomic mass is 16.2. The molecule has 1 fully saturated rings. The number of benzene rings is 3. The van der Waals surface area contributed by atoms with E-state index in [9.17, 15) is 4.79 Å². The van der Waals surface area contributed by atoms with Gasteiger partial charge in [-0.05, 0) is 17.7 Å². The fourth-order valence-corrected chi connectivity index (χ4v) is 4.12. The number of aromatic amines is 1. The molecule has 31 heavy (non-hydrogen) atoms. The van der Waals surface area contributed by atoms with Crippen LogP contribution < -0.4 is 4.90 Å². The van der Waals surface area contributed by atoms with Crippen LogP contribution in [0.5, 0.6) is 0 Å². The molecule has 1 aliphatic rings. The number of hydrogen-bond acceptors (Lipinski definition) is 3. The topological polar surface area (TPSA) is 52.2 Å². The molecule has 154 valence electrons. The zero-order valence-electron chi connectivity index (χ0n) is 17.2. The van der Waals surface area contributed by atoms with Crippen LogP contribution in [0.1, 0.15) is 10.5 Å². The van der Waals surface area contributed by atoms with E-state index in [2.05, 4.69) is 63.6 Å². The number of para-hydroxylation sites is 1. The van der Waals surface area contributed by atoms with Crippen LogP contribution in [0.3, 0.4) is 0 Å². The molecule has 0 unspecified atom stereocenters. The molecule has 1 aliphatic heterocycles. The van der Waals surface area contributed by atoms with Crippen LogP contribution >= 0.6 is 0 Å². The molecule has 0 saturated carbocycles. The number of carbonyl (C=O) groups excluding carboxylic acids is 1. The number of hydrogen-bond donors (Lipinski definition) is 1. The lowest BCUT2D eigenvalue weighted by Gasteiger charge is -2.36. The Hall–Kier alpha value is -3.86. The van der Waals surface area contributed by atoms with Gasteiger partial charge in [-0.15, -0.1) is 0 Å². The van der Waals surface area contributed by atoms with Crippen LogP contribution in [-0.2, 0) is 0 Å². The number of nitrogens with zero attached hydrogens (tertiary/aromatic N) is 3. The number of rotatable bonds is 4. The van der Waals surface area contributed by atoms with E-state index in [1.165, 1.54) is 16.8 Å². The Morgan fingerprint density at radius 1 is 0.742 bits per heavy atom. The van der Waals surface area contributed by atoms with Gasteiger partial charge in [-0.25, -0.2) is 0 Å². The Bertz CT molecular complexity index is 1160. The third-order valence-electron chi connectivity index (χ3n) is 5.77. The molecule has 2 heterocycles. The summed E-state index contributed by atoms with van der Waals surface area (Å²) in [5, 5.41) is 7.25. The third kappa shape index (κ3) is 3.94. The Morgan fingerprint density at radius 2 is 1.35 bits per heavy atom. The monoisotopic (exact) mass is 408 g/mol. The number of amides is 1. The fourth-order valence-electron chi connectivity index (χ4n) is 4.12. The maximum absolute atomic E-state index is 13.0. The normalized spacial score (nSPS) is 13.9. The van der Waals surface area contributed by atoms with Crippen LogP contribution in [-0.4, -0.2) is 47.2 Å². The second kappa shape index (κ2) is 8.48. The fraction of sp³-hybridized carbons (Fsp3) is 0.154. The minimum Gasteiger partial charge on any atom is -0.367 e. The van der Waals surface area contributed by atoms with Crippen molar-refractivity contribution in [2.24, 2.45) is 0 Å². The van der Waals surface area contributed by atoms with Crippen LogP contribution in [0.2, 0.25) is 0 Å². The Balaban J connectivity index is 1.29. The van der Waals surface area contributed by atoms with Gasteiger partial charge in [0.25, 0.3) is 5.91 Å². The van der Waals surface area contributed by atoms with Gasteiger partial charge < -0.3 is 9.80 Å². The number of piperazine rings is 1. The van der Waals surface area contributed by atoms with Crippen molar-refractivity contribution in [1.82, 2.24) is 15.1 Å². The van der Waals surface area contributed by atoms with Gasteiger partial charge in [0.15, 0.2) is 0 Å². The summed E-state index contributed by atoms with van der Waals surface area (Å²) in [6, 6.07) is 30.7. The average Bonchev–Trinajstić information content (AvgIpc) is 3.35. The summed E-state index contributed by atoms with van der Waals surface area (Å²) >= 11 is 0. The van der Waals surface area contributed by atoms with Crippen molar-refractivity contribution in [1.29, 1.82) is 0 Å². The zero-order valence-corrected chi connectivity index (χ0v) is 17.2. The molecule has 3 aromatic carbocycles. The van der Waals surface area contributed by atoms with Gasteiger partial charge in [-0.2, -0.15) is 5.10 Å². The summed E-state index contributed by atoms with van der Waals surface area (Å²) in [5.41, 5.74) is 5.98. The second-order valence-corrected chi connectivity index (χ2v) is 7.70. The Labute approximate surface area is 182 Å². The van der Waals surface area contributed by atoms with E-state index in [1.807, 2.05) is 47.4 Å². The van der Waals surface area contributed by atoms with E-state index in [4.69, 9.17) is 0 Å². The number of nitrogens with one attached hydrogen (secondary N) is 1. The van der Waals surface area contributed by atoms with Gasteiger partial charge in [0.1, 0.15) is 5.69 Å². The lowest BCUT2D eigenvalue weighted by Crippen LogP contribution is -2.49. The standard InChI is InChI=1S/C26H24N4O/c31-26(24-19-23(27-28-24)21-11-5-2-6-12-21)30-17-15-29(16-18-30)25-14-8-7-13-22(25)20-9-3-1-4-10-20/h1-14,19H,15-18H2,(H,27,28). The van der Waals surface area contributed by atoms with Crippen molar-refractivity contribution in [3.63, 3.8) is 0 Å². The summed E-state index contributed by atoms with van der Waals surface area (Å²) in [4.78, 5) is 17.3. The highest BCUT2D eigenvalue weighted by Crippen LogP contribution is 2.31. The molecule has 0 spiro atoms. The van der Waals surface area contributed by atoms with Gasteiger partial charge in [0.2, 0.25) is 0 Å². The molecular formula is C26H24N4O. The second-order valence-electron chi connectivity index (χ2n) is 7.70. The average molecular weight is 409 g/mol. The zero-order chi connectivity index (χ0) is 21.0. The highest BCUT2D eigenvalue weighted by Gasteiger charge is 2.25. The third-order valence-corrected chi connectivity index (χ3v) is 5.77. The first-order chi connectivity index (χ1) is 15.3. The summed E-state index contributed by atoms with van der Waals surface area (Å²) < 4.78 is 0. The van der Waals surface area contributed by atoms with E-state index in [-0.39, 0.29) is 5.91 Å². The summed E-state index contributed by atoms with van der Waals surface area (Å²) in [6.07, 6.45) is 0. The number of aromatic nitrogens is 2. The molecule has 1 aromatic heterocycles. The summed E-state index contributed by atoms with van der Waals surface area (Å²) in [5.74, 6) is 0.00526. The predicted molar refractivity (Wildman–Crippen MR) is 124 cm³/mol. The lowest BCUT2D eigenvalue weighted by molar-refractivity contribution is 0.0741. The van der Waals surface area contributed by atoms with E-state index in [0.29, 0.717) is 18.8 Å². The molecule has 5 nitrogen and oxygen atoms in total. The molecular weight excluding hydrogens is 384 g/mol. The van der Waals surface area contributed by atoms with E-state index in [0.717, 1.165) is 24.3 Å². The van der Waals surface area contributed by atoms with Gasteiger partial charge in [-0.1, -0.05) is 78.9 Å². The van der Waals surface area contributed by atoms with Crippen molar-refractivity contribution in [2.75, 3.05) is 31.1 Å². The van der Waals surface area contributed by atoms with Crippen molar-refractivity contribution in [2.45, 2.75) is 0 Å². The lowest BCUT2D eigenvalue weighted by atomic mass is 10.0. The smallest absolute Gasteiger partial charge is 0.272 e. The van der Waals surface area contributed by atoms with Gasteiger partial charge >= 0.3 is 0 Å². The summed E-state index contributed by atoms with van der Waals surface area (Å²) in [6.45, 7) is 2.97. The van der Waals surface area contributed by atoms with Crippen LogP contribution in [0.25, 0.3) is 22.4 Å². The number of anilines is 1. The van der Waals surface area contributed by atoms with E-state index in [1.54, 1.807) is 0 Å². The molecule has 1 N–H and O–H groups in total. The first kappa shape index (κ1) is 19.1. The molecule has 0 radical (unpaired) electrons. The van der Waals surface area contributed by atoms with Crippen LogP contribution in [0, 0.1) is 0 Å². The van der Waals surface area contributed by atoms with E-state index >= 15 is 0 Å². The molecule has 5 heteroatoms. The minimum absolute atomic E-state index is 0.00526. The van der Waals surface area contributed by atoms with Gasteiger partial charge in [0, 0.05) is 43.0 Å². The quantitative estimate of drug-likeness (QED) is 0.532. The summed E-state index contributed by atoms with van der Waals surface area (Å²) in [7, 11) is 0. The number of carbonyl (C=O) groups is 1. The van der Waals surface area contributed by atoms with Crippen LogP contribution in [0.4, 0.5) is 5.69 Å². The molecule has 0 atom stereocenters. The maximum atomic E-state index is 13.0. The molecule has 0 bridgehead atoms. The van der Waals surface area contributed by atoms with Crippen LogP contribution in [0.15, 0.2) is 91.0 Å². The molecule has 4 aromatic rings. The first-order valence-electron chi connectivity index (χ1n) is 10.6. The minimum atomic E-state index is 0.00526. The largest absolute Gasteiger partial charge is 0.367 e. The van der Waals surface area contributed by atoms with Crippen molar-refractivity contribution in [3.8, 4) is 22.4 Å². The molecule has 5 rings (SSSR count). The van der Waals surface area contributed by atoms with Gasteiger partial charge in [0.05, 0.1) is 5.69 Å². The van der Waals surface area contributed by atoms with Gasteiger partial charge in [-0.3, -0.25) is 9.89 Å².